The van der Waals surface area contributed by atoms with E-state index in [9.17, 15) is 0 Å². The molecule has 0 spiro atoms. The molecule has 7 nitrogen and oxygen atoms in total. The first-order valence-electron chi connectivity index (χ1n) is 8.46. The number of halogens is 1. The molecular formula is C18H21ClN6O. The van der Waals surface area contributed by atoms with Crippen molar-refractivity contribution in [2.45, 2.75) is 20.0 Å². The highest BCUT2D eigenvalue weighted by molar-refractivity contribution is 6.30. The van der Waals surface area contributed by atoms with Gasteiger partial charge in [-0.15, -0.1) is 0 Å². The van der Waals surface area contributed by atoms with E-state index in [4.69, 9.17) is 16.1 Å². The Labute approximate surface area is 157 Å². The van der Waals surface area contributed by atoms with Crippen LogP contribution in [0.1, 0.15) is 12.8 Å². The summed E-state index contributed by atoms with van der Waals surface area (Å²) in [6.45, 7) is 4.71. The smallest absolute Gasteiger partial charge is 0.248 e. The number of guanidine groups is 1. The van der Waals surface area contributed by atoms with Crippen molar-refractivity contribution in [3.8, 4) is 11.4 Å². The van der Waals surface area contributed by atoms with E-state index in [-0.39, 0.29) is 0 Å². The Bertz CT molecular complexity index is 843. The maximum absolute atomic E-state index is 6.00. The fourth-order valence-corrected chi connectivity index (χ4v) is 2.57. The molecule has 3 rings (SSSR count). The van der Waals surface area contributed by atoms with Gasteiger partial charge in [-0.25, -0.2) is 4.99 Å². The number of nitrogens with zero attached hydrogens (tertiary/aromatic N) is 4. The summed E-state index contributed by atoms with van der Waals surface area (Å²) >= 11 is 6.00. The topological polar surface area (TPSA) is 80.3 Å². The Hall–Kier alpha value is -2.80. The molecule has 0 bridgehead atoms. The monoisotopic (exact) mass is 372 g/mol. The van der Waals surface area contributed by atoms with Gasteiger partial charge < -0.3 is 19.7 Å². The van der Waals surface area contributed by atoms with E-state index in [0.29, 0.717) is 29.2 Å². The molecule has 0 saturated heterocycles. The molecule has 0 atom stereocenters. The summed E-state index contributed by atoms with van der Waals surface area (Å²) in [5.74, 6) is 1.66. The highest BCUT2D eigenvalue weighted by Crippen LogP contribution is 2.19. The molecule has 2 heterocycles. The Morgan fingerprint density at radius 1 is 1.23 bits per heavy atom. The fourth-order valence-electron chi connectivity index (χ4n) is 2.37. The zero-order valence-corrected chi connectivity index (χ0v) is 15.3. The van der Waals surface area contributed by atoms with Crippen molar-refractivity contribution in [2.24, 2.45) is 4.99 Å². The van der Waals surface area contributed by atoms with Crippen LogP contribution in [0.3, 0.4) is 0 Å². The molecular weight excluding hydrogens is 352 g/mol. The first kappa shape index (κ1) is 18.0. The van der Waals surface area contributed by atoms with Gasteiger partial charge in [0.2, 0.25) is 11.7 Å². The van der Waals surface area contributed by atoms with Gasteiger partial charge in [0, 0.05) is 42.6 Å². The molecule has 1 aromatic carbocycles. The predicted octanol–water partition coefficient (Wildman–Crippen LogP) is 2.95. The van der Waals surface area contributed by atoms with E-state index in [1.165, 1.54) is 0 Å². The molecule has 0 aliphatic rings. The molecule has 26 heavy (non-hydrogen) atoms. The molecule has 0 unspecified atom stereocenters. The number of benzene rings is 1. The summed E-state index contributed by atoms with van der Waals surface area (Å²) in [5, 5.41) is 11.1. The first-order chi connectivity index (χ1) is 12.7. The summed E-state index contributed by atoms with van der Waals surface area (Å²) in [6.07, 6.45) is 4.06. The molecule has 0 aliphatic heterocycles. The van der Waals surface area contributed by atoms with Crippen LogP contribution in [-0.4, -0.2) is 33.8 Å². The molecule has 0 saturated carbocycles. The van der Waals surface area contributed by atoms with Gasteiger partial charge in [-0.3, -0.25) is 0 Å². The van der Waals surface area contributed by atoms with Crippen molar-refractivity contribution in [3.63, 3.8) is 0 Å². The van der Waals surface area contributed by atoms with Gasteiger partial charge in [0.25, 0.3) is 0 Å². The van der Waals surface area contributed by atoms with E-state index in [0.717, 1.165) is 25.2 Å². The van der Waals surface area contributed by atoms with Crippen LogP contribution in [0.4, 0.5) is 0 Å². The first-order valence-corrected chi connectivity index (χ1v) is 8.84. The number of nitrogens with one attached hydrogen (secondary N) is 2. The number of rotatable bonds is 7. The predicted molar refractivity (Wildman–Crippen MR) is 102 cm³/mol. The highest BCUT2D eigenvalue weighted by Gasteiger charge is 2.09. The Balaban J connectivity index is 1.58. The average molecular weight is 373 g/mol. The van der Waals surface area contributed by atoms with E-state index >= 15 is 0 Å². The fraction of sp³-hybridized carbons (Fsp3) is 0.278. The average Bonchev–Trinajstić information content (AvgIpc) is 3.31. The van der Waals surface area contributed by atoms with Crippen LogP contribution < -0.4 is 10.6 Å². The van der Waals surface area contributed by atoms with Gasteiger partial charge in [0.15, 0.2) is 5.96 Å². The lowest BCUT2D eigenvalue weighted by Gasteiger charge is -2.11. The molecule has 8 heteroatoms. The number of aliphatic imine (C=N–C) groups is 1. The van der Waals surface area contributed by atoms with Crippen LogP contribution in [0.2, 0.25) is 5.02 Å². The van der Waals surface area contributed by atoms with Gasteiger partial charge in [0.1, 0.15) is 6.54 Å². The van der Waals surface area contributed by atoms with Gasteiger partial charge in [-0.05, 0) is 31.2 Å². The second-order valence-electron chi connectivity index (χ2n) is 5.56. The minimum atomic E-state index is 0.298. The van der Waals surface area contributed by atoms with Crippen molar-refractivity contribution >= 4 is 17.6 Å². The summed E-state index contributed by atoms with van der Waals surface area (Å²) in [4.78, 5) is 8.86. The van der Waals surface area contributed by atoms with Gasteiger partial charge in [-0.2, -0.15) is 4.98 Å². The van der Waals surface area contributed by atoms with Crippen molar-refractivity contribution < 1.29 is 4.52 Å². The molecule has 136 valence electrons. The number of hydrogen-bond acceptors (Lipinski definition) is 4. The second kappa shape index (κ2) is 9.05. The van der Waals surface area contributed by atoms with Crippen LogP contribution in [0.5, 0.6) is 0 Å². The van der Waals surface area contributed by atoms with E-state index in [1.54, 1.807) is 12.1 Å². The molecule has 0 radical (unpaired) electrons. The van der Waals surface area contributed by atoms with Gasteiger partial charge >= 0.3 is 0 Å². The molecule has 2 aromatic heterocycles. The third-order valence-corrected chi connectivity index (χ3v) is 3.83. The molecule has 0 aliphatic carbocycles. The minimum Gasteiger partial charge on any atom is -0.357 e. The van der Waals surface area contributed by atoms with Crippen LogP contribution in [0.15, 0.2) is 58.3 Å². The third kappa shape index (κ3) is 5.10. The van der Waals surface area contributed by atoms with Crippen LogP contribution in [0, 0.1) is 0 Å². The number of hydrogen-bond donors (Lipinski definition) is 2. The molecule has 0 fully saturated rings. The largest absolute Gasteiger partial charge is 0.357 e. The van der Waals surface area contributed by atoms with E-state index in [1.807, 2.05) is 43.6 Å². The van der Waals surface area contributed by atoms with Gasteiger partial charge in [-0.1, -0.05) is 28.9 Å². The molecule has 0 amide bonds. The maximum atomic E-state index is 6.00. The van der Waals surface area contributed by atoms with Crippen LogP contribution in [-0.2, 0) is 13.1 Å². The number of aromatic nitrogens is 3. The standard InChI is InChI=1S/C18H21ClN6O/c1-2-20-18(21-8-11-25-9-3-4-10-25)22-13-16-23-17(24-26-16)14-6-5-7-15(19)12-14/h3-7,9-10,12H,2,8,11,13H2,1H3,(H2,20,21,22). The Morgan fingerprint density at radius 2 is 2.08 bits per heavy atom. The normalized spacial score (nSPS) is 11.5. The van der Waals surface area contributed by atoms with E-state index in [2.05, 4.69) is 30.3 Å². The minimum absolute atomic E-state index is 0.298. The zero-order valence-electron chi connectivity index (χ0n) is 14.5. The van der Waals surface area contributed by atoms with Crippen molar-refractivity contribution in [2.75, 3.05) is 13.1 Å². The SMILES string of the molecule is CCNC(=NCc1nc(-c2cccc(Cl)c2)no1)NCCn1cccc1. The quantitative estimate of drug-likeness (QED) is 0.492. The summed E-state index contributed by atoms with van der Waals surface area (Å²) in [6, 6.07) is 11.4. The summed E-state index contributed by atoms with van der Waals surface area (Å²) < 4.78 is 7.38. The van der Waals surface area contributed by atoms with Crippen molar-refractivity contribution in [3.05, 3.63) is 59.7 Å². The van der Waals surface area contributed by atoms with Crippen molar-refractivity contribution in [1.82, 2.24) is 25.3 Å². The summed E-state index contributed by atoms with van der Waals surface area (Å²) in [7, 11) is 0. The third-order valence-electron chi connectivity index (χ3n) is 3.60. The Kier molecular flexibility index (Phi) is 6.27. The van der Waals surface area contributed by atoms with Gasteiger partial charge in [0.05, 0.1) is 0 Å². The molecule has 3 aromatic rings. The lowest BCUT2D eigenvalue weighted by atomic mass is 10.2. The van der Waals surface area contributed by atoms with Crippen LogP contribution in [0.25, 0.3) is 11.4 Å². The highest BCUT2D eigenvalue weighted by atomic mass is 35.5. The van der Waals surface area contributed by atoms with E-state index < -0.39 is 0 Å². The second-order valence-corrected chi connectivity index (χ2v) is 6.00. The zero-order chi connectivity index (χ0) is 18.2. The Morgan fingerprint density at radius 3 is 2.85 bits per heavy atom. The van der Waals surface area contributed by atoms with Crippen LogP contribution >= 0.6 is 11.6 Å². The lowest BCUT2D eigenvalue weighted by molar-refractivity contribution is 0.380. The molecule has 2 N–H and O–H groups in total. The van der Waals surface area contributed by atoms with Crippen molar-refractivity contribution in [1.29, 1.82) is 0 Å². The maximum Gasteiger partial charge on any atom is 0.248 e. The summed E-state index contributed by atoms with van der Waals surface area (Å²) in [5.41, 5.74) is 0.813. The lowest BCUT2D eigenvalue weighted by Crippen LogP contribution is -2.38.